The molecular formula is C11H14BrN3O. The number of hydrogen-bond acceptors (Lipinski definition) is 2. The summed E-state index contributed by atoms with van der Waals surface area (Å²) in [6.45, 7) is 0. The van der Waals surface area contributed by atoms with Gasteiger partial charge in [0.15, 0.2) is 0 Å². The van der Waals surface area contributed by atoms with E-state index in [2.05, 4.69) is 31.5 Å². The van der Waals surface area contributed by atoms with E-state index < -0.39 is 0 Å². The Kier molecular flexibility index (Phi) is 3.77. The number of amides is 2. The molecule has 86 valence electrons. The third-order valence-electron chi connectivity index (χ3n) is 2.68. The van der Waals surface area contributed by atoms with Crippen molar-refractivity contribution >= 4 is 27.6 Å². The molecular weight excluding hydrogens is 270 g/mol. The van der Waals surface area contributed by atoms with E-state index in [0.29, 0.717) is 11.7 Å². The van der Waals surface area contributed by atoms with Crippen molar-refractivity contribution in [3.8, 4) is 0 Å². The molecule has 1 saturated carbocycles. The first-order valence-corrected chi connectivity index (χ1v) is 6.22. The van der Waals surface area contributed by atoms with Crippen LogP contribution in [0.4, 0.5) is 10.5 Å². The Morgan fingerprint density at radius 2 is 2.12 bits per heavy atom. The van der Waals surface area contributed by atoms with Crippen molar-refractivity contribution < 1.29 is 4.79 Å². The van der Waals surface area contributed by atoms with Gasteiger partial charge in [-0.15, -0.1) is 0 Å². The lowest BCUT2D eigenvalue weighted by Gasteiger charge is -2.12. The minimum absolute atomic E-state index is 0.143. The maximum atomic E-state index is 11.6. The van der Waals surface area contributed by atoms with Crippen molar-refractivity contribution in [2.24, 2.45) is 0 Å². The zero-order valence-corrected chi connectivity index (χ0v) is 10.5. The number of hydrogen-bond donors (Lipinski definition) is 2. The summed E-state index contributed by atoms with van der Waals surface area (Å²) in [5.74, 6) is 0. The Morgan fingerprint density at radius 3 is 2.75 bits per heavy atom. The number of carbonyl (C=O) groups is 1. The van der Waals surface area contributed by atoms with Crippen LogP contribution in [0.2, 0.25) is 0 Å². The first-order valence-electron chi connectivity index (χ1n) is 5.43. The monoisotopic (exact) mass is 283 g/mol. The molecule has 2 amide bonds. The van der Waals surface area contributed by atoms with Crippen LogP contribution in [0, 0.1) is 0 Å². The average molecular weight is 284 g/mol. The van der Waals surface area contributed by atoms with Crippen LogP contribution >= 0.6 is 15.9 Å². The normalized spacial score (nSPS) is 16.1. The van der Waals surface area contributed by atoms with Crippen molar-refractivity contribution in [1.82, 2.24) is 10.3 Å². The molecule has 2 N–H and O–H groups in total. The van der Waals surface area contributed by atoms with Gasteiger partial charge in [0.2, 0.25) is 0 Å². The summed E-state index contributed by atoms with van der Waals surface area (Å²) in [6.07, 6.45) is 6.23. The number of aromatic nitrogens is 1. The van der Waals surface area contributed by atoms with E-state index in [1.54, 1.807) is 12.3 Å². The Bertz CT molecular complexity index is 360. The predicted molar refractivity (Wildman–Crippen MR) is 66.3 cm³/mol. The highest BCUT2D eigenvalue weighted by molar-refractivity contribution is 9.10. The number of pyridine rings is 1. The summed E-state index contributed by atoms with van der Waals surface area (Å²) in [6, 6.07) is 3.80. The molecule has 1 fully saturated rings. The average Bonchev–Trinajstić information content (AvgIpc) is 2.74. The molecule has 16 heavy (non-hydrogen) atoms. The predicted octanol–water partition coefficient (Wildman–Crippen LogP) is 2.91. The molecule has 0 atom stereocenters. The lowest BCUT2D eigenvalue weighted by molar-refractivity contribution is 0.248. The van der Waals surface area contributed by atoms with E-state index in [-0.39, 0.29) is 6.03 Å². The largest absolute Gasteiger partial charge is 0.335 e. The highest BCUT2D eigenvalue weighted by Gasteiger charge is 2.16. The van der Waals surface area contributed by atoms with E-state index in [1.165, 1.54) is 12.8 Å². The minimum atomic E-state index is -0.143. The van der Waals surface area contributed by atoms with Crippen LogP contribution in [0.15, 0.2) is 22.9 Å². The number of nitrogens with zero attached hydrogens (tertiary/aromatic N) is 1. The molecule has 0 saturated heterocycles. The van der Waals surface area contributed by atoms with Crippen LogP contribution in [-0.4, -0.2) is 17.1 Å². The molecule has 1 aromatic rings. The topological polar surface area (TPSA) is 54.0 Å². The van der Waals surface area contributed by atoms with E-state index in [0.717, 1.165) is 17.4 Å². The van der Waals surface area contributed by atoms with Gasteiger partial charge in [-0.05, 0) is 40.9 Å². The van der Waals surface area contributed by atoms with Crippen LogP contribution in [0.5, 0.6) is 0 Å². The van der Waals surface area contributed by atoms with Gasteiger partial charge in [0, 0.05) is 6.04 Å². The standard InChI is InChI=1S/C11H14BrN3O/c12-10-6-5-9(7-13-10)15-11(16)14-8-3-1-2-4-8/h5-8H,1-4H2,(H2,14,15,16). The Hall–Kier alpha value is -1.10. The van der Waals surface area contributed by atoms with Crippen LogP contribution in [0.1, 0.15) is 25.7 Å². The molecule has 0 radical (unpaired) electrons. The van der Waals surface area contributed by atoms with E-state index >= 15 is 0 Å². The molecule has 1 aliphatic rings. The highest BCUT2D eigenvalue weighted by Crippen LogP contribution is 2.17. The number of halogens is 1. The molecule has 5 heteroatoms. The van der Waals surface area contributed by atoms with Gasteiger partial charge in [-0.2, -0.15) is 0 Å². The second kappa shape index (κ2) is 5.30. The van der Waals surface area contributed by atoms with Crippen LogP contribution in [-0.2, 0) is 0 Å². The lowest BCUT2D eigenvalue weighted by Crippen LogP contribution is -2.36. The quantitative estimate of drug-likeness (QED) is 0.820. The summed E-state index contributed by atoms with van der Waals surface area (Å²) in [4.78, 5) is 15.6. The van der Waals surface area contributed by atoms with E-state index in [9.17, 15) is 4.79 Å². The van der Waals surface area contributed by atoms with Gasteiger partial charge >= 0.3 is 6.03 Å². The van der Waals surface area contributed by atoms with Crippen LogP contribution in [0.25, 0.3) is 0 Å². The fourth-order valence-electron chi connectivity index (χ4n) is 1.87. The molecule has 0 spiro atoms. The third-order valence-corrected chi connectivity index (χ3v) is 3.14. The van der Waals surface area contributed by atoms with Gasteiger partial charge < -0.3 is 10.6 Å². The number of carbonyl (C=O) groups excluding carboxylic acids is 1. The van der Waals surface area contributed by atoms with Crippen molar-refractivity contribution in [3.05, 3.63) is 22.9 Å². The van der Waals surface area contributed by atoms with Crippen molar-refractivity contribution in [2.75, 3.05) is 5.32 Å². The van der Waals surface area contributed by atoms with Crippen molar-refractivity contribution in [1.29, 1.82) is 0 Å². The molecule has 1 aromatic heterocycles. The number of urea groups is 1. The van der Waals surface area contributed by atoms with Gasteiger partial charge in [0.25, 0.3) is 0 Å². The molecule has 1 heterocycles. The van der Waals surface area contributed by atoms with E-state index in [4.69, 9.17) is 0 Å². The zero-order chi connectivity index (χ0) is 11.4. The Balaban J connectivity index is 1.84. The van der Waals surface area contributed by atoms with Crippen LogP contribution < -0.4 is 10.6 Å². The molecule has 1 aliphatic carbocycles. The second-order valence-corrected chi connectivity index (χ2v) is 4.76. The van der Waals surface area contributed by atoms with Crippen LogP contribution in [0.3, 0.4) is 0 Å². The molecule has 0 unspecified atom stereocenters. The molecule has 0 aliphatic heterocycles. The van der Waals surface area contributed by atoms with Gasteiger partial charge in [0.05, 0.1) is 11.9 Å². The lowest BCUT2D eigenvalue weighted by atomic mass is 10.2. The summed E-state index contributed by atoms with van der Waals surface area (Å²) >= 11 is 3.24. The minimum Gasteiger partial charge on any atom is -0.335 e. The number of rotatable bonds is 2. The van der Waals surface area contributed by atoms with Gasteiger partial charge in [0.1, 0.15) is 4.60 Å². The molecule has 0 aromatic carbocycles. The fourth-order valence-corrected chi connectivity index (χ4v) is 2.11. The Labute approximate surface area is 103 Å². The van der Waals surface area contributed by atoms with Gasteiger partial charge in [-0.25, -0.2) is 9.78 Å². The smallest absolute Gasteiger partial charge is 0.319 e. The summed E-state index contributed by atoms with van der Waals surface area (Å²) in [5, 5.41) is 5.72. The Morgan fingerprint density at radius 1 is 1.38 bits per heavy atom. The van der Waals surface area contributed by atoms with Gasteiger partial charge in [-0.3, -0.25) is 0 Å². The second-order valence-electron chi connectivity index (χ2n) is 3.95. The maximum absolute atomic E-state index is 11.6. The molecule has 2 rings (SSSR count). The number of nitrogens with one attached hydrogen (secondary N) is 2. The summed E-state index contributed by atoms with van der Waals surface area (Å²) in [5.41, 5.74) is 0.707. The van der Waals surface area contributed by atoms with Crippen molar-refractivity contribution in [2.45, 2.75) is 31.7 Å². The zero-order valence-electron chi connectivity index (χ0n) is 8.87. The maximum Gasteiger partial charge on any atom is 0.319 e. The SMILES string of the molecule is O=C(Nc1ccc(Br)nc1)NC1CCCC1. The molecule has 0 bridgehead atoms. The first-order chi connectivity index (χ1) is 7.74. The van der Waals surface area contributed by atoms with Crippen molar-refractivity contribution in [3.63, 3.8) is 0 Å². The summed E-state index contributed by atoms with van der Waals surface area (Å²) < 4.78 is 0.759. The first kappa shape index (κ1) is 11.4. The summed E-state index contributed by atoms with van der Waals surface area (Å²) in [7, 11) is 0. The number of anilines is 1. The molecule has 4 nitrogen and oxygen atoms in total. The van der Waals surface area contributed by atoms with E-state index in [1.807, 2.05) is 6.07 Å². The third kappa shape index (κ3) is 3.20. The highest BCUT2D eigenvalue weighted by atomic mass is 79.9. The van der Waals surface area contributed by atoms with Gasteiger partial charge in [-0.1, -0.05) is 12.8 Å². The fraction of sp³-hybridized carbons (Fsp3) is 0.455.